The minimum absolute atomic E-state index is 0.541. The molecule has 0 saturated carbocycles. The minimum atomic E-state index is -0.549. The zero-order chi connectivity index (χ0) is 8.43. The summed E-state index contributed by atoms with van der Waals surface area (Å²) in [5, 5.41) is 16.5. The molecule has 1 rings (SSSR count). The van der Waals surface area contributed by atoms with E-state index in [9.17, 15) is 5.11 Å². The average Bonchev–Trinajstić information content (AvgIpc) is 2.32. The van der Waals surface area contributed by atoms with Gasteiger partial charge in [-0.25, -0.2) is 0 Å². The summed E-state index contributed by atoms with van der Waals surface area (Å²) in [6.45, 7) is 3.70. The van der Waals surface area contributed by atoms with Gasteiger partial charge in [-0.15, -0.1) is 0 Å². The Morgan fingerprint density at radius 2 is 2.36 bits per heavy atom. The second kappa shape index (κ2) is 3.24. The number of hydrogen-bond acceptors (Lipinski definition) is 2. The lowest BCUT2D eigenvalue weighted by molar-refractivity contribution is 0.169. The van der Waals surface area contributed by atoms with Crippen LogP contribution in [-0.2, 0) is 0 Å². The number of rotatable bonds is 2. The first-order valence-electron chi connectivity index (χ1n) is 3.55. The molecule has 11 heavy (non-hydrogen) atoms. The third-order valence-electron chi connectivity index (χ3n) is 1.60. The summed E-state index contributed by atoms with van der Waals surface area (Å²) in [5.41, 5.74) is 1.35. The van der Waals surface area contributed by atoms with E-state index in [1.807, 2.05) is 13.8 Å². The first-order valence-corrected chi connectivity index (χ1v) is 3.93. The van der Waals surface area contributed by atoms with Crippen LogP contribution in [0.25, 0.3) is 0 Å². The van der Waals surface area contributed by atoms with Gasteiger partial charge < -0.3 is 5.11 Å². The van der Waals surface area contributed by atoms with Crippen molar-refractivity contribution < 1.29 is 5.11 Å². The highest BCUT2D eigenvalue weighted by molar-refractivity contribution is 6.31. The van der Waals surface area contributed by atoms with Gasteiger partial charge in [0.2, 0.25) is 0 Å². The summed E-state index contributed by atoms with van der Waals surface area (Å²) in [6, 6.07) is 0. The molecule has 0 aliphatic carbocycles. The predicted octanol–water partition coefficient (Wildman–Crippen LogP) is 1.81. The van der Waals surface area contributed by atoms with E-state index in [0.717, 1.165) is 5.69 Å². The van der Waals surface area contributed by atoms with Crippen molar-refractivity contribution in [3.63, 3.8) is 0 Å². The summed E-state index contributed by atoms with van der Waals surface area (Å²) in [6.07, 6.45) is 0.0803. The van der Waals surface area contributed by atoms with E-state index in [-0.39, 0.29) is 0 Å². The van der Waals surface area contributed by atoms with Crippen LogP contribution in [0.15, 0.2) is 0 Å². The first kappa shape index (κ1) is 8.56. The summed E-state index contributed by atoms with van der Waals surface area (Å²) < 4.78 is 0. The van der Waals surface area contributed by atoms with Gasteiger partial charge in [-0.3, -0.25) is 5.10 Å². The lowest BCUT2D eigenvalue weighted by atomic mass is 10.2. The van der Waals surface area contributed by atoms with Crippen molar-refractivity contribution in [3.8, 4) is 0 Å². The van der Waals surface area contributed by atoms with Crippen LogP contribution in [0.5, 0.6) is 0 Å². The molecule has 2 N–H and O–H groups in total. The van der Waals surface area contributed by atoms with Gasteiger partial charge in [0.15, 0.2) is 0 Å². The molecule has 0 radical (unpaired) electrons. The first-order chi connectivity index (χ1) is 5.16. The molecular weight excluding hydrogens is 164 g/mol. The molecule has 0 bridgehead atoms. The molecule has 0 spiro atoms. The number of nitrogens with one attached hydrogen (secondary N) is 1. The summed E-state index contributed by atoms with van der Waals surface area (Å²) in [4.78, 5) is 0. The topological polar surface area (TPSA) is 48.9 Å². The van der Waals surface area contributed by atoms with Crippen LogP contribution < -0.4 is 0 Å². The number of H-pyrrole nitrogens is 1. The third-order valence-corrected chi connectivity index (χ3v) is 2.08. The molecule has 0 aliphatic heterocycles. The monoisotopic (exact) mass is 174 g/mol. The van der Waals surface area contributed by atoms with Crippen molar-refractivity contribution in [2.45, 2.75) is 26.4 Å². The highest BCUT2D eigenvalue weighted by Gasteiger charge is 2.14. The van der Waals surface area contributed by atoms with Gasteiger partial charge in [0.05, 0.1) is 16.8 Å². The highest BCUT2D eigenvalue weighted by atomic mass is 35.5. The molecule has 1 aromatic rings. The molecule has 4 heteroatoms. The molecule has 0 saturated heterocycles. The Hall–Kier alpha value is -0.540. The number of aliphatic hydroxyl groups excluding tert-OH is 1. The molecule has 1 atom stereocenters. The van der Waals surface area contributed by atoms with Gasteiger partial charge in [0, 0.05) is 0 Å². The van der Waals surface area contributed by atoms with E-state index >= 15 is 0 Å². The van der Waals surface area contributed by atoms with Gasteiger partial charge in [-0.1, -0.05) is 18.5 Å². The fourth-order valence-corrected chi connectivity index (χ4v) is 1.06. The molecule has 1 heterocycles. The van der Waals surface area contributed by atoms with E-state index in [4.69, 9.17) is 11.6 Å². The number of aromatic amines is 1. The van der Waals surface area contributed by atoms with E-state index in [2.05, 4.69) is 10.2 Å². The predicted molar refractivity (Wildman–Crippen MR) is 43.6 cm³/mol. The maximum Gasteiger partial charge on any atom is 0.110 e. The fraction of sp³-hybridized carbons (Fsp3) is 0.571. The van der Waals surface area contributed by atoms with Crippen molar-refractivity contribution in [1.29, 1.82) is 0 Å². The molecule has 3 nitrogen and oxygen atoms in total. The quantitative estimate of drug-likeness (QED) is 0.719. The lowest BCUT2D eigenvalue weighted by Gasteiger charge is -2.02. The van der Waals surface area contributed by atoms with Gasteiger partial charge >= 0.3 is 0 Å². The highest BCUT2D eigenvalue weighted by Crippen LogP contribution is 2.24. The number of aliphatic hydroxyl groups is 1. The zero-order valence-corrected chi connectivity index (χ0v) is 7.31. The Kier molecular flexibility index (Phi) is 2.52. The van der Waals surface area contributed by atoms with Crippen LogP contribution >= 0.6 is 11.6 Å². The molecule has 1 aromatic heterocycles. The van der Waals surface area contributed by atoms with Crippen molar-refractivity contribution in [1.82, 2.24) is 10.2 Å². The molecular formula is C7H11ClN2O. The van der Waals surface area contributed by atoms with Crippen LogP contribution in [0.1, 0.15) is 30.8 Å². The Bertz CT molecular complexity index is 247. The number of nitrogens with zero attached hydrogens (tertiary/aromatic N) is 1. The van der Waals surface area contributed by atoms with E-state index in [1.54, 1.807) is 0 Å². The molecule has 62 valence electrons. The molecule has 0 aromatic carbocycles. The van der Waals surface area contributed by atoms with E-state index in [0.29, 0.717) is 17.1 Å². The number of halogens is 1. The van der Waals surface area contributed by atoms with Crippen molar-refractivity contribution >= 4 is 11.6 Å². The second-order valence-electron chi connectivity index (χ2n) is 2.47. The van der Waals surface area contributed by atoms with Gasteiger partial charge in [0.25, 0.3) is 0 Å². The largest absolute Gasteiger partial charge is 0.387 e. The zero-order valence-electron chi connectivity index (χ0n) is 6.56. The Balaban J connectivity index is 2.94. The van der Waals surface area contributed by atoms with Gasteiger partial charge in [-0.2, -0.15) is 5.10 Å². The van der Waals surface area contributed by atoms with Gasteiger partial charge in [-0.05, 0) is 13.3 Å². The van der Waals surface area contributed by atoms with Crippen LogP contribution in [0.4, 0.5) is 0 Å². The van der Waals surface area contributed by atoms with Crippen molar-refractivity contribution in [3.05, 3.63) is 16.4 Å². The number of aromatic nitrogens is 2. The molecule has 1 unspecified atom stereocenters. The summed E-state index contributed by atoms with van der Waals surface area (Å²) >= 11 is 5.83. The summed E-state index contributed by atoms with van der Waals surface area (Å²) in [5.74, 6) is 0. The molecule has 0 fully saturated rings. The normalized spacial score (nSPS) is 13.5. The molecule has 0 aliphatic rings. The summed E-state index contributed by atoms with van der Waals surface area (Å²) in [7, 11) is 0. The van der Waals surface area contributed by atoms with E-state index in [1.165, 1.54) is 0 Å². The molecule has 0 amide bonds. The average molecular weight is 175 g/mol. The standard InChI is InChI=1S/C7H11ClN2O/c1-3-5(11)7-6(8)4(2)9-10-7/h5,11H,3H2,1-2H3,(H,9,10). The maximum absolute atomic E-state index is 9.36. The lowest BCUT2D eigenvalue weighted by Crippen LogP contribution is -1.95. The van der Waals surface area contributed by atoms with Crippen molar-refractivity contribution in [2.75, 3.05) is 0 Å². The Morgan fingerprint density at radius 1 is 1.73 bits per heavy atom. The minimum Gasteiger partial charge on any atom is -0.387 e. The Morgan fingerprint density at radius 3 is 2.73 bits per heavy atom. The second-order valence-corrected chi connectivity index (χ2v) is 2.85. The Labute approximate surface area is 70.4 Å². The fourth-order valence-electron chi connectivity index (χ4n) is 0.848. The smallest absolute Gasteiger partial charge is 0.110 e. The van der Waals surface area contributed by atoms with Crippen LogP contribution in [0, 0.1) is 6.92 Å². The number of hydrogen-bond donors (Lipinski definition) is 2. The van der Waals surface area contributed by atoms with Crippen LogP contribution in [0.2, 0.25) is 5.02 Å². The van der Waals surface area contributed by atoms with Gasteiger partial charge in [0.1, 0.15) is 5.69 Å². The number of aryl methyl sites for hydroxylation is 1. The van der Waals surface area contributed by atoms with Crippen LogP contribution in [0.3, 0.4) is 0 Å². The van der Waals surface area contributed by atoms with Crippen molar-refractivity contribution in [2.24, 2.45) is 0 Å². The van der Waals surface area contributed by atoms with E-state index < -0.39 is 6.10 Å². The SMILES string of the molecule is CCC(O)c1n[nH]c(C)c1Cl. The third kappa shape index (κ3) is 1.54. The maximum atomic E-state index is 9.36. The van der Waals surface area contributed by atoms with Crippen LogP contribution in [-0.4, -0.2) is 15.3 Å².